The molecular formula is C12H20O2. The summed E-state index contributed by atoms with van der Waals surface area (Å²) >= 11 is 0. The van der Waals surface area contributed by atoms with Gasteiger partial charge in [0.25, 0.3) is 0 Å². The van der Waals surface area contributed by atoms with Crippen LogP contribution < -0.4 is 0 Å². The molecule has 1 aliphatic rings. The average molecular weight is 196 g/mol. The van der Waals surface area contributed by atoms with Gasteiger partial charge in [0.05, 0.1) is 0 Å². The number of allylic oxidation sites excluding steroid dienone is 1. The highest BCUT2D eigenvalue weighted by Crippen LogP contribution is 2.27. The van der Waals surface area contributed by atoms with Crippen LogP contribution in [0.1, 0.15) is 46.0 Å². The minimum Gasteiger partial charge on any atom is -0.459 e. The van der Waals surface area contributed by atoms with E-state index in [4.69, 9.17) is 4.74 Å². The van der Waals surface area contributed by atoms with Gasteiger partial charge in [0.1, 0.15) is 6.10 Å². The first-order valence-corrected chi connectivity index (χ1v) is 5.57. The van der Waals surface area contributed by atoms with Gasteiger partial charge in [-0.25, -0.2) is 4.79 Å². The highest BCUT2D eigenvalue weighted by Gasteiger charge is 2.22. The molecule has 1 rings (SSSR count). The minimum absolute atomic E-state index is 0.0824. The molecule has 2 heteroatoms. The molecule has 0 bridgehead atoms. The molecule has 1 saturated carbocycles. The highest BCUT2D eigenvalue weighted by atomic mass is 16.5. The van der Waals surface area contributed by atoms with E-state index in [9.17, 15) is 4.79 Å². The average Bonchev–Trinajstić information content (AvgIpc) is 2.19. The van der Waals surface area contributed by atoms with E-state index in [0.717, 1.165) is 0 Å². The Balaban J connectivity index is 2.32. The van der Waals surface area contributed by atoms with Crippen LogP contribution in [0.5, 0.6) is 0 Å². The van der Waals surface area contributed by atoms with Crippen LogP contribution in [-0.2, 0) is 9.53 Å². The fraction of sp³-hybridized carbons (Fsp3) is 0.750. The van der Waals surface area contributed by atoms with Crippen LogP contribution in [-0.4, -0.2) is 12.1 Å². The summed E-state index contributed by atoms with van der Waals surface area (Å²) in [6, 6.07) is 0. The smallest absolute Gasteiger partial charge is 0.330 e. The van der Waals surface area contributed by atoms with Gasteiger partial charge in [0.2, 0.25) is 0 Å². The van der Waals surface area contributed by atoms with Gasteiger partial charge < -0.3 is 4.74 Å². The van der Waals surface area contributed by atoms with E-state index in [-0.39, 0.29) is 12.1 Å². The normalized spacial score (nSPS) is 21.0. The van der Waals surface area contributed by atoms with Crippen molar-refractivity contribution in [3.63, 3.8) is 0 Å². The minimum atomic E-state index is -0.203. The van der Waals surface area contributed by atoms with Crippen LogP contribution in [0.2, 0.25) is 0 Å². The molecule has 2 nitrogen and oxygen atoms in total. The molecule has 0 aromatic heterocycles. The van der Waals surface area contributed by atoms with E-state index in [1.807, 2.05) is 13.8 Å². The zero-order chi connectivity index (χ0) is 10.4. The summed E-state index contributed by atoms with van der Waals surface area (Å²) in [5.41, 5.74) is 0. The summed E-state index contributed by atoms with van der Waals surface area (Å²) in [4.78, 5) is 11.2. The maximum atomic E-state index is 11.2. The molecule has 0 spiro atoms. The number of esters is 1. The fourth-order valence-corrected chi connectivity index (χ4v) is 2.06. The number of hydrogen-bond donors (Lipinski definition) is 0. The summed E-state index contributed by atoms with van der Waals surface area (Å²) in [5.74, 6) is 0.378. The number of hydrogen-bond acceptors (Lipinski definition) is 2. The Morgan fingerprint density at radius 1 is 1.36 bits per heavy atom. The molecule has 1 fully saturated rings. The van der Waals surface area contributed by atoms with Gasteiger partial charge in [0.15, 0.2) is 0 Å². The van der Waals surface area contributed by atoms with Crippen molar-refractivity contribution in [2.24, 2.45) is 5.92 Å². The molecule has 0 heterocycles. The van der Waals surface area contributed by atoms with Crippen molar-refractivity contribution in [2.45, 2.75) is 52.1 Å². The zero-order valence-electron chi connectivity index (χ0n) is 9.16. The van der Waals surface area contributed by atoms with Gasteiger partial charge in [-0.1, -0.05) is 25.3 Å². The lowest BCUT2D eigenvalue weighted by Crippen LogP contribution is -2.25. The Morgan fingerprint density at radius 2 is 2.00 bits per heavy atom. The van der Waals surface area contributed by atoms with Gasteiger partial charge in [-0.15, -0.1) is 0 Å². The molecule has 1 atom stereocenters. The van der Waals surface area contributed by atoms with Gasteiger partial charge in [0, 0.05) is 6.08 Å². The lowest BCUT2D eigenvalue weighted by Gasteiger charge is -2.26. The van der Waals surface area contributed by atoms with E-state index < -0.39 is 0 Å². The first kappa shape index (κ1) is 11.3. The molecule has 80 valence electrons. The summed E-state index contributed by atoms with van der Waals surface area (Å²) < 4.78 is 5.30. The van der Waals surface area contributed by atoms with E-state index in [1.165, 1.54) is 38.2 Å². The third kappa shape index (κ3) is 3.52. The monoisotopic (exact) mass is 196 g/mol. The standard InChI is InChI=1S/C12H20O2/c1-3-7-12(13)14-10(2)11-8-5-4-6-9-11/h3,7,10-11H,4-6,8-9H2,1-2H3/b7-3+/t10-/m0/s1. The van der Waals surface area contributed by atoms with Crippen molar-refractivity contribution in [3.8, 4) is 0 Å². The predicted molar refractivity (Wildman–Crippen MR) is 56.9 cm³/mol. The number of carbonyl (C=O) groups is 1. The first-order valence-electron chi connectivity index (χ1n) is 5.57. The van der Waals surface area contributed by atoms with E-state index in [1.54, 1.807) is 6.08 Å². The molecule has 0 aromatic rings. The van der Waals surface area contributed by atoms with E-state index in [0.29, 0.717) is 5.92 Å². The predicted octanol–water partition coefficient (Wildman–Crippen LogP) is 3.07. The summed E-state index contributed by atoms with van der Waals surface area (Å²) in [7, 11) is 0. The van der Waals surface area contributed by atoms with Crippen molar-refractivity contribution in [3.05, 3.63) is 12.2 Å². The largest absolute Gasteiger partial charge is 0.459 e. The van der Waals surface area contributed by atoms with Gasteiger partial charge in [-0.2, -0.15) is 0 Å². The molecule has 0 aliphatic heterocycles. The summed E-state index contributed by atoms with van der Waals surface area (Å²) in [5, 5.41) is 0. The van der Waals surface area contributed by atoms with Gasteiger partial charge in [-0.05, 0) is 32.6 Å². The van der Waals surface area contributed by atoms with Crippen LogP contribution in [0.4, 0.5) is 0 Å². The van der Waals surface area contributed by atoms with Gasteiger partial charge in [-0.3, -0.25) is 0 Å². The zero-order valence-corrected chi connectivity index (χ0v) is 9.16. The van der Waals surface area contributed by atoms with Crippen LogP contribution in [0, 0.1) is 5.92 Å². The van der Waals surface area contributed by atoms with Crippen LogP contribution in [0.15, 0.2) is 12.2 Å². The molecule has 0 radical (unpaired) electrons. The van der Waals surface area contributed by atoms with Crippen LogP contribution in [0.3, 0.4) is 0 Å². The van der Waals surface area contributed by atoms with E-state index in [2.05, 4.69) is 0 Å². The summed E-state index contributed by atoms with van der Waals surface area (Å²) in [6.45, 7) is 3.84. The second kappa shape index (κ2) is 5.84. The Bertz CT molecular complexity index is 202. The molecule has 0 amide bonds. The maximum absolute atomic E-state index is 11.2. The molecule has 1 aliphatic carbocycles. The van der Waals surface area contributed by atoms with Crippen molar-refractivity contribution < 1.29 is 9.53 Å². The number of carbonyl (C=O) groups excluding carboxylic acids is 1. The Hall–Kier alpha value is -0.790. The third-order valence-corrected chi connectivity index (χ3v) is 2.92. The highest BCUT2D eigenvalue weighted by molar-refractivity contribution is 5.81. The Morgan fingerprint density at radius 3 is 2.57 bits per heavy atom. The van der Waals surface area contributed by atoms with Gasteiger partial charge >= 0.3 is 5.97 Å². The molecule has 0 N–H and O–H groups in total. The number of rotatable bonds is 3. The van der Waals surface area contributed by atoms with Crippen molar-refractivity contribution in [1.29, 1.82) is 0 Å². The SMILES string of the molecule is C/C=C/C(=O)O[C@@H](C)C1CCCCC1. The van der Waals surface area contributed by atoms with E-state index >= 15 is 0 Å². The summed E-state index contributed by atoms with van der Waals surface area (Å²) in [6.07, 6.45) is 9.63. The Labute approximate surface area is 86.3 Å². The molecule has 0 unspecified atom stereocenters. The molecular weight excluding hydrogens is 176 g/mol. The molecule has 0 saturated heterocycles. The lowest BCUT2D eigenvalue weighted by molar-refractivity contribution is -0.145. The topological polar surface area (TPSA) is 26.3 Å². The van der Waals surface area contributed by atoms with Crippen molar-refractivity contribution in [2.75, 3.05) is 0 Å². The number of ether oxygens (including phenoxy) is 1. The second-order valence-electron chi connectivity index (χ2n) is 4.04. The first-order chi connectivity index (χ1) is 6.74. The fourth-order valence-electron chi connectivity index (χ4n) is 2.06. The van der Waals surface area contributed by atoms with Crippen LogP contribution >= 0.6 is 0 Å². The molecule has 0 aromatic carbocycles. The molecule has 14 heavy (non-hydrogen) atoms. The van der Waals surface area contributed by atoms with Crippen molar-refractivity contribution in [1.82, 2.24) is 0 Å². The van der Waals surface area contributed by atoms with Crippen LogP contribution in [0.25, 0.3) is 0 Å². The third-order valence-electron chi connectivity index (χ3n) is 2.92. The quantitative estimate of drug-likeness (QED) is 0.512. The lowest BCUT2D eigenvalue weighted by atomic mass is 9.86. The van der Waals surface area contributed by atoms with Crippen molar-refractivity contribution >= 4 is 5.97 Å². The maximum Gasteiger partial charge on any atom is 0.330 e. The Kier molecular flexibility index (Phi) is 4.71. The second-order valence-corrected chi connectivity index (χ2v) is 4.04.